The lowest BCUT2D eigenvalue weighted by Gasteiger charge is -2.09. The van der Waals surface area contributed by atoms with E-state index in [0.717, 1.165) is 0 Å². The number of rotatable bonds is 4. The Bertz CT molecular complexity index is 446. The summed E-state index contributed by atoms with van der Waals surface area (Å²) in [6, 6.07) is 1.65. The van der Waals surface area contributed by atoms with Crippen molar-refractivity contribution in [3.63, 3.8) is 0 Å². The first kappa shape index (κ1) is 20.7. The molecule has 1 heterocycles. The van der Waals surface area contributed by atoms with Crippen molar-refractivity contribution in [2.75, 3.05) is 32.9 Å². The molecule has 0 fully saturated rings. The molecule has 20 heavy (non-hydrogen) atoms. The standard InChI is InChI=1S/C11H20N6O.2ClH/c1-13-11(14-2)16-5-4-15-10(18)9-6-8(12)7-17(9)3;;/h6-7H,4-5,12H2,1-3H3,(H,15,18)(H2,13,14,16);2*1H. The van der Waals surface area contributed by atoms with Crippen molar-refractivity contribution in [2.24, 2.45) is 12.0 Å². The number of carbonyl (C=O) groups is 1. The van der Waals surface area contributed by atoms with Crippen LogP contribution in [0.15, 0.2) is 17.3 Å². The van der Waals surface area contributed by atoms with Crippen molar-refractivity contribution in [1.29, 1.82) is 0 Å². The molecule has 1 aromatic rings. The van der Waals surface area contributed by atoms with Crippen molar-refractivity contribution in [3.05, 3.63) is 18.0 Å². The average molecular weight is 325 g/mol. The number of nitrogens with two attached hydrogens (primary N) is 1. The molecule has 1 amide bonds. The molecule has 116 valence electrons. The number of aromatic nitrogens is 1. The highest BCUT2D eigenvalue weighted by Crippen LogP contribution is 2.07. The van der Waals surface area contributed by atoms with Gasteiger partial charge in [0.1, 0.15) is 5.69 Å². The van der Waals surface area contributed by atoms with E-state index < -0.39 is 0 Å². The fraction of sp³-hybridized carbons (Fsp3) is 0.455. The number of hydrogen-bond acceptors (Lipinski definition) is 3. The van der Waals surface area contributed by atoms with Gasteiger partial charge in [0, 0.05) is 40.4 Å². The van der Waals surface area contributed by atoms with E-state index in [1.54, 1.807) is 38.0 Å². The van der Waals surface area contributed by atoms with Crippen LogP contribution in [0.5, 0.6) is 0 Å². The summed E-state index contributed by atoms with van der Waals surface area (Å²) in [7, 11) is 5.25. The lowest BCUT2D eigenvalue weighted by atomic mass is 10.4. The number of carbonyl (C=O) groups excluding carboxylic acids is 1. The van der Waals surface area contributed by atoms with Gasteiger partial charge in [-0.2, -0.15) is 0 Å². The zero-order valence-electron chi connectivity index (χ0n) is 11.8. The van der Waals surface area contributed by atoms with Crippen LogP contribution in [0.25, 0.3) is 0 Å². The van der Waals surface area contributed by atoms with Crippen LogP contribution >= 0.6 is 24.8 Å². The van der Waals surface area contributed by atoms with Gasteiger partial charge in [0.05, 0.1) is 5.69 Å². The molecular formula is C11H22Cl2N6O. The van der Waals surface area contributed by atoms with Gasteiger partial charge in [0.15, 0.2) is 5.96 Å². The molecule has 0 aromatic carbocycles. The number of amides is 1. The Hall–Kier alpha value is -1.60. The van der Waals surface area contributed by atoms with Crippen molar-refractivity contribution in [3.8, 4) is 0 Å². The zero-order valence-corrected chi connectivity index (χ0v) is 13.4. The molecule has 0 unspecified atom stereocenters. The van der Waals surface area contributed by atoms with Crippen molar-refractivity contribution in [1.82, 2.24) is 20.5 Å². The largest absolute Gasteiger partial charge is 0.397 e. The van der Waals surface area contributed by atoms with Gasteiger partial charge in [-0.05, 0) is 6.07 Å². The molecule has 0 radical (unpaired) electrons. The van der Waals surface area contributed by atoms with Crippen LogP contribution in [-0.2, 0) is 7.05 Å². The van der Waals surface area contributed by atoms with Crippen LogP contribution in [0, 0.1) is 0 Å². The Morgan fingerprint density at radius 3 is 2.40 bits per heavy atom. The van der Waals surface area contributed by atoms with Crippen molar-refractivity contribution in [2.45, 2.75) is 0 Å². The molecule has 1 rings (SSSR count). The number of guanidine groups is 1. The highest BCUT2D eigenvalue weighted by molar-refractivity contribution is 5.93. The Labute approximate surface area is 131 Å². The second-order valence-corrected chi connectivity index (χ2v) is 3.77. The van der Waals surface area contributed by atoms with E-state index in [0.29, 0.717) is 30.4 Å². The molecule has 0 saturated carbocycles. The lowest BCUT2D eigenvalue weighted by Crippen LogP contribution is -2.40. The average Bonchev–Trinajstić information content (AvgIpc) is 2.68. The van der Waals surface area contributed by atoms with E-state index in [9.17, 15) is 4.79 Å². The monoisotopic (exact) mass is 324 g/mol. The van der Waals surface area contributed by atoms with Crippen LogP contribution in [-0.4, -0.2) is 43.6 Å². The maximum Gasteiger partial charge on any atom is 0.268 e. The summed E-state index contributed by atoms with van der Waals surface area (Å²) in [5, 5.41) is 8.72. The number of aliphatic imine (C=N–C) groups is 1. The predicted octanol–water partition coefficient (Wildman–Crippen LogP) is -0.0245. The lowest BCUT2D eigenvalue weighted by molar-refractivity contribution is 0.0946. The number of aryl methyl sites for hydroxylation is 1. The molecule has 0 spiro atoms. The summed E-state index contributed by atoms with van der Waals surface area (Å²) in [5.74, 6) is 0.544. The highest BCUT2D eigenvalue weighted by atomic mass is 35.5. The summed E-state index contributed by atoms with van der Waals surface area (Å²) < 4.78 is 1.70. The number of nitrogens with zero attached hydrogens (tertiary/aromatic N) is 2. The number of halogens is 2. The van der Waals surface area contributed by atoms with E-state index in [4.69, 9.17) is 5.73 Å². The van der Waals surface area contributed by atoms with E-state index in [1.807, 2.05) is 0 Å². The molecule has 7 nitrogen and oxygen atoms in total. The van der Waals surface area contributed by atoms with Gasteiger partial charge >= 0.3 is 0 Å². The van der Waals surface area contributed by atoms with E-state index in [2.05, 4.69) is 20.9 Å². The molecule has 0 saturated heterocycles. The molecule has 9 heteroatoms. The highest BCUT2D eigenvalue weighted by Gasteiger charge is 2.09. The summed E-state index contributed by atoms with van der Waals surface area (Å²) in [6.07, 6.45) is 1.70. The quantitative estimate of drug-likeness (QED) is 0.355. The third-order valence-electron chi connectivity index (χ3n) is 2.42. The maximum atomic E-state index is 11.8. The predicted molar refractivity (Wildman–Crippen MR) is 87.1 cm³/mol. The Balaban J connectivity index is 0. The molecule has 0 aliphatic heterocycles. The molecule has 0 bridgehead atoms. The first-order valence-corrected chi connectivity index (χ1v) is 5.67. The fourth-order valence-corrected chi connectivity index (χ4v) is 1.54. The molecule has 5 N–H and O–H groups in total. The normalized spacial score (nSPS) is 10.1. The van der Waals surface area contributed by atoms with Crippen molar-refractivity contribution >= 4 is 42.4 Å². The van der Waals surface area contributed by atoms with Gasteiger partial charge in [-0.3, -0.25) is 9.79 Å². The van der Waals surface area contributed by atoms with E-state index in [-0.39, 0.29) is 30.7 Å². The Kier molecular flexibility index (Phi) is 10.6. The summed E-state index contributed by atoms with van der Waals surface area (Å²) in [6.45, 7) is 1.10. The number of anilines is 1. The van der Waals surface area contributed by atoms with Gasteiger partial charge in [-0.1, -0.05) is 0 Å². The van der Waals surface area contributed by atoms with Crippen LogP contribution < -0.4 is 21.7 Å². The SMILES string of the molecule is CN=C(NC)NCCNC(=O)c1cc(N)cn1C.Cl.Cl. The van der Waals surface area contributed by atoms with Crippen LogP contribution in [0.4, 0.5) is 5.69 Å². The summed E-state index contributed by atoms with van der Waals surface area (Å²) >= 11 is 0. The van der Waals surface area contributed by atoms with Gasteiger partial charge < -0.3 is 26.3 Å². The summed E-state index contributed by atoms with van der Waals surface area (Å²) in [4.78, 5) is 15.8. The zero-order chi connectivity index (χ0) is 13.5. The summed E-state index contributed by atoms with van der Waals surface area (Å²) in [5.41, 5.74) is 6.74. The topological polar surface area (TPSA) is 96.5 Å². The van der Waals surface area contributed by atoms with E-state index in [1.165, 1.54) is 0 Å². The first-order valence-electron chi connectivity index (χ1n) is 5.67. The number of hydrogen-bond donors (Lipinski definition) is 4. The third-order valence-corrected chi connectivity index (χ3v) is 2.42. The number of nitrogen functional groups attached to an aromatic ring is 1. The molecule has 1 aromatic heterocycles. The minimum absolute atomic E-state index is 0. The molecular weight excluding hydrogens is 303 g/mol. The number of nitrogens with one attached hydrogen (secondary N) is 3. The fourth-order valence-electron chi connectivity index (χ4n) is 1.54. The Morgan fingerprint density at radius 2 is 1.95 bits per heavy atom. The van der Waals surface area contributed by atoms with Crippen LogP contribution in [0.3, 0.4) is 0 Å². The van der Waals surface area contributed by atoms with Crippen molar-refractivity contribution < 1.29 is 4.79 Å². The molecule has 0 aliphatic carbocycles. The second kappa shape index (κ2) is 10.2. The first-order chi connectivity index (χ1) is 8.58. The minimum Gasteiger partial charge on any atom is -0.397 e. The van der Waals surface area contributed by atoms with Gasteiger partial charge in [-0.15, -0.1) is 24.8 Å². The van der Waals surface area contributed by atoms with Gasteiger partial charge in [0.25, 0.3) is 5.91 Å². The smallest absolute Gasteiger partial charge is 0.268 e. The van der Waals surface area contributed by atoms with Crippen LogP contribution in [0.1, 0.15) is 10.5 Å². The molecule has 0 aliphatic rings. The second-order valence-electron chi connectivity index (χ2n) is 3.77. The Morgan fingerprint density at radius 1 is 1.35 bits per heavy atom. The maximum absolute atomic E-state index is 11.8. The molecule has 0 atom stereocenters. The minimum atomic E-state index is -0.143. The van der Waals surface area contributed by atoms with Crippen LogP contribution in [0.2, 0.25) is 0 Å². The third kappa shape index (κ3) is 6.03. The van der Waals surface area contributed by atoms with Gasteiger partial charge in [-0.25, -0.2) is 0 Å². The van der Waals surface area contributed by atoms with E-state index >= 15 is 0 Å². The van der Waals surface area contributed by atoms with Gasteiger partial charge in [0.2, 0.25) is 0 Å².